The maximum atomic E-state index is 13.4. The Morgan fingerprint density at radius 2 is 1.66 bits per heavy atom. The zero-order valence-corrected chi connectivity index (χ0v) is 18.9. The molecule has 0 aromatic rings. The summed E-state index contributed by atoms with van der Waals surface area (Å²) in [6.45, 7) is 8.37. The molecule has 3 nitrogen and oxygen atoms in total. The van der Waals surface area contributed by atoms with Gasteiger partial charge in [0.15, 0.2) is 11.6 Å². The molecule has 4 heteroatoms. The molecule has 0 amide bonds. The third-order valence-electron chi connectivity index (χ3n) is 6.14. The molecule has 1 saturated carbocycles. The standard InChI is InChI=1S/C25H32O3S/c1-5-7-9-18-23(26)22(24(27)19(25(18)29)10-8-6-2)21-14-16(4)17-12-11-15(3)13-20(17)28-21/h12-15,18-19H,5-11H2,1-4H3. The summed E-state index contributed by atoms with van der Waals surface area (Å²) >= 11 is 5.67. The summed E-state index contributed by atoms with van der Waals surface area (Å²) in [6, 6.07) is 0. The van der Waals surface area contributed by atoms with Crippen molar-refractivity contribution in [1.82, 2.24) is 0 Å². The van der Waals surface area contributed by atoms with Crippen LogP contribution in [0.15, 0.2) is 46.5 Å². The van der Waals surface area contributed by atoms with Crippen LogP contribution in [0.2, 0.25) is 0 Å². The van der Waals surface area contributed by atoms with Crippen molar-refractivity contribution in [1.29, 1.82) is 0 Å². The molecule has 1 fully saturated rings. The fourth-order valence-corrected chi connectivity index (χ4v) is 4.84. The van der Waals surface area contributed by atoms with E-state index in [1.165, 1.54) is 0 Å². The molecular formula is C25H32O3S. The van der Waals surface area contributed by atoms with E-state index in [0.717, 1.165) is 49.0 Å². The van der Waals surface area contributed by atoms with Crippen molar-refractivity contribution in [2.24, 2.45) is 17.8 Å². The van der Waals surface area contributed by atoms with Crippen molar-refractivity contribution in [3.05, 3.63) is 46.5 Å². The van der Waals surface area contributed by atoms with Crippen LogP contribution in [0, 0.1) is 17.8 Å². The van der Waals surface area contributed by atoms with Crippen LogP contribution in [0.4, 0.5) is 0 Å². The number of Topliss-reactive ketones (excluding diaryl/α,β-unsaturated/α-hetero) is 2. The summed E-state index contributed by atoms with van der Waals surface area (Å²) in [5.74, 6) is 0.594. The fraction of sp³-hybridized carbons (Fsp3) is 0.560. The Balaban J connectivity index is 2.06. The maximum Gasteiger partial charge on any atom is 0.178 e. The van der Waals surface area contributed by atoms with Crippen LogP contribution >= 0.6 is 12.2 Å². The van der Waals surface area contributed by atoms with Gasteiger partial charge in [0.25, 0.3) is 0 Å². The van der Waals surface area contributed by atoms with Crippen LogP contribution in [0.25, 0.3) is 0 Å². The summed E-state index contributed by atoms with van der Waals surface area (Å²) in [5, 5.41) is 0. The highest BCUT2D eigenvalue weighted by Crippen LogP contribution is 2.39. The van der Waals surface area contributed by atoms with E-state index in [0.29, 0.717) is 29.4 Å². The highest BCUT2D eigenvalue weighted by molar-refractivity contribution is 7.80. The molecule has 3 aliphatic rings. The SMILES string of the molecule is CCCCC1C(=O)C(=C2C=C(C)C3=CCC(C)C=C3O2)C(=O)C(CCCC)C1=S. The van der Waals surface area contributed by atoms with Gasteiger partial charge in [-0.1, -0.05) is 64.7 Å². The zero-order chi connectivity index (χ0) is 21.1. The minimum atomic E-state index is -0.347. The van der Waals surface area contributed by atoms with Gasteiger partial charge in [0.2, 0.25) is 0 Å². The van der Waals surface area contributed by atoms with E-state index in [1.54, 1.807) is 0 Å². The third-order valence-corrected chi connectivity index (χ3v) is 6.71. The number of ketones is 2. The molecule has 29 heavy (non-hydrogen) atoms. The van der Waals surface area contributed by atoms with Gasteiger partial charge in [-0.25, -0.2) is 0 Å². The van der Waals surface area contributed by atoms with E-state index in [4.69, 9.17) is 17.0 Å². The van der Waals surface area contributed by atoms with Gasteiger partial charge < -0.3 is 4.74 Å². The Morgan fingerprint density at radius 3 is 2.21 bits per heavy atom. The topological polar surface area (TPSA) is 43.4 Å². The first kappa shape index (κ1) is 21.9. The van der Waals surface area contributed by atoms with Crippen molar-refractivity contribution in [3.8, 4) is 0 Å². The molecule has 3 atom stereocenters. The molecule has 0 spiro atoms. The number of hydrogen-bond donors (Lipinski definition) is 0. The molecule has 3 unspecified atom stereocenters. The Morgan fingerprint density at radius 1 is 1.07 bits per heavy atom. The summed E-state index contributed by atoms with van der Waals surface area (Å²) in [4.78, 5) is 27.4. The number of hydrogen-bond acceptors (Lipinski definition) is 4. The highest BCUT2D eigenvalue weighted by atomic mass is 32.1. The van der Waals surface area contributed by atoms with Crippen LogP contribution in [-0.2, 0) is 14.3 Å². The number of ether oxygens (including phenoxy) is 1. The largest absolute Gasteiger partial charge is 0.456 e. The lowest BCUT2D eigenvalue weighted by molar-refractivity contribution is -0.125. The van der Waals surface area contributed by atoms with Crippen LogP contribution in [-0.4, -0.2) is 16.4 Å². The molecule has 0 radical (unpaired) electrons. The fourth-order valence-electron chi connectivity index (χ4n) is 4.39. The van der Waals surface area contributed by atoms with Crippen molar-refractivity contribution < 1.29 is 14.3 Å². The Bertz CT molecular complexity index is 808. The van der Waals surface area contributed by atoms with Crippen molar-refractivity contribution in [2.75, 3.05) is 0 Å². The maximum absolute atomic E-state index is 13.4. The monoisotopic (exact) mass is 412 g/mol. The van der Waals surface area contributed by atoms with E-state index in [9.17, 15) is 9.59 Å². The molecule has 0 aromatic carbocycles. The van der Waals surface area contributed by atoms with Gasteiger partial charge in [-0.2, -0.15) is 0 Å². The molecule has 156 valence electrons. The number of rotatable bonds is 6. The minimum Gasteiger partial charge on any atom is -0.456 e. The Kier molecular flexibility index (Phi) is 7.05. The summed E-state index contributed by atoms with van der Waals surface area (Å²) in [5.41, 5.74) is 2.35. The summed E-state index contributed by atoms with van der Waals surface area (Å²) in [7, 11) is 0. The van der Waals surface area contributed by atoms with E-state index >= 15 is 0 Å². The summed E-state index contributed by atoms with van der Waals surface area (Å²) in [6.07, 6.45) is 12.4. The first-order chi connectivity index (χ1) is 13.9. The van der Waals surface area contributed by atoms with Crippen LogP contribution in [0.5, 0.6) is 0 Å². The normalized spacial score (nSPS) is 27.2. The van der Waals surface area contributed by atoms with Gasteiger partial charge in [0, 0.05) is 10.4 Å². The third kappa shape index (κ3) is 4.37. The van der Waals surface area contributed by atoms with Crippen molar-refractivity contribution in [2.45, 2.75) is 72.6 Å². The van der Waals surface area contributed by atoms with E-state index in [2.05, 4.69) is 32.9 Å². The predicted octanol–water partition coefficient (Wildman–Crippen LogP) is 6.20. The molecule has 0 N–H and O–H groups in total. The van der Waals surface area contributed by atoms with E-state index < -0.39 is 0 Å². The van der Waals surface area contributed by atoms with Gasteiger partial charge >= 0.3 is 0 Å². The average Bonchev–Trinajstić information content (AvgIpc) is 2.67. The molecule has 0 bridgehead atoms. The van der Waals surface area contributed by atoms with Gasteiger partial charge in [-0.3, -0.25) is 9.59 Å². The predicted molar refractivity (Wildman–Crippen MR) is 120 cm³/mol. The molecule has 0 saturated heterocycles. The first-order valence-corrected chi connectivity index (χ1v) is 11.4. The Labute approximate surface area is 180 Å². The Hall–Kier alpha value is -1.81. The second-order valence-electron chi connectivity index (χ2n) is 8.55. The number of carbonyl (C=O) groups is 2. The molecule has 2 aliphatic carbocycles. The number of fused-ring (bicyclic) bond motifs is 1. The molecule has 3 rings (SSSR count). The first-order valence-electron chi connectivity index (χ1n) is 11.0. The molecular weight excluding hydrogens is 380 g/mol. The molecule has 0 aromatic heterocycles. The number of thiocarbonyl (C=S) groups is 1. The van der Waals surface area contributed by atoms with Crippen LogP contribution in [0.1, 0.15) is 72.6 Å². The summed E-state index contributed by atoms with van der Waals surface area (Å²) < 4.78 is 6.16. The van der Waals surface area contributed by atoms with Gasteiger partial charge in [0.1, 0.15) is 17.1 Å². The lowest BCUT2D eigenvalue weighted by Gasteiger charge is -2.32. The van der Waals surface area contributed by atoms with Gasteiger partial charge in [-0.05, 0) is 49.8 Å². The molecule has 1 aliphatic heterocycles. The van der Waals surface area contributed by atoms with Crippen molar-refractivity contribution >= 4 is 28.6 Å². The molecule has 1 heterocycles. The van der Waals surface area contributed by atoms with Gasteiger partial charge in [0.05, 0.1) is 11.8 Å². The van der Waals surface area contributed by atoms with Crippen LogP contribution in [0.3, 0.4) is 0 Å². The second-order valence-corrected chi connectivity index (χ2v) is 9.02. The quantitative estimate of drug-likeness (QED) is 0.296. The number of allylic oxidation sites excluding steroid dienone is 5. The number of carbonyl (C=O) groups excluding carboxylic acids is 2. The zero-order valence-electron chi connectivity index (χ0n) is 18.0. The minimum absolute atomic E-state index is 0.142. The lowest BCUT2D eigenvalue weighted by atomic mass is 9.72. The number of unbranched alkanes of at least 4 members (excludes halogenated alkanes) is 2. The van der Waals surface area contributed by atoms with Crippen molar-refractivity contribution in [3.63, 3.8) is 0 Å². The van der Waals surface area contributed by atoms with Gasteiger partial charge in [-0.15, -0.1) is 0 Å². The lowest BCUT2D eigenvalue weighted by Crippen LogP contribution is -2.43. The average molecular weight is 413 g/mol. The second kappa shape index (κ2) is 9.34. The van der Waals surface area contributed by atoms with E-state index in [-0.39, 0.29) is 29.0 Å². The smallest absolute Gasteiger partial charge is 0.178 e. The van der Waals surface area contributed by atoms with E-state index in [1.807, 2.05) is 13.0 Å². The highest BCUT2D eigenvalue weighted by Gasteiger charge is 2.44. The van der Waals surface area contributed by atoms with Crippen LogP contribution < -0.4 is 0 Å².